The van der Waals surface area contributed by atoms with Gasteiger partial charge in [0.15, 0.2) is 0 Å². The predicted molar refractivity (Wildman–Crippen MR) is 102 cm³/mol. The van der Waals surface area contributed by atoms with Crippen LogP contribution in [0.25, 0.3) is 0 Å². The number of hydrogen-bond donors (Lipinski definition) is 1. The maximum atomic E-state index is 12.6. The molecule has 0 spiro atoms. The van der Waals surface area contributed by atoms with Crippen molar-refractivity contribution in [1.29, 1.82) is 0 Å². The summed E-state index contributed by atoms with van der Waals surface area (Å²) in [5.74, 6) is 1.05. The van der Waals surface area contributed by atoms with E-state index in [0.717, 1.165) is 45.6 Å². The van der Waals surface area contributed by atoms with Crippen molar-refractivity contribution in [3.8, 4) is 5.88 Å². The highest BCUT2D eigenvalue weighted by atomic mass is 16.5. The van der Waals surface area contributed by atoms with Crippen LogP contribution in [0.4, 0.5) is 4.79 Å². The Balaban J connectivity index is 1.54. The van der Waals surface area contributed by atoms with Crippen molar-refractivity contribution >= 4 is 6.03 Å². The molecule has 3 aliphatic rings. The molecule has 1 aromatic rings. The minimum atomic E-state index is -0.0353. The van der Waals surface area contributed by atoms with E-state index in [-0.39, 0.29) is 12.1 Å². The number of fused-ring (bicyclic) bond motifs is 2. The second-order valence-corrected chi connectivity index (χ2v) is 7.66. The number of hydrogen-bond acceptors (Lipinski definition) is 5. The number of piperidine rings is 1. The van der Waals surface area contributed by atoms with Crippen LogP contribution in [0, 0.1) is 5.92 Å². The van der Waals surface area contributed by atoms with Gasteiger partial charge in [0.05, 0.1) is 19.8 Å². The Morgan fingerprint density at radius 3 is 2.93 bits per heavy atom. The minimum absolute atomic E-state index is 0.0281. The Hall–Kier alpha value is -1.86. The summed E-state index contributed by atoms with van der Waals surface area (Å²) >= 11 is 0. The van der Waals surface area contributed by atoms with Gasteiger partial charge in [0.2, 0.25) is 5.88 Å². The number of carbonyl (C=O) groups excluding carboxylic acids is 1. The lowest BCUT2D eigenvalue weighted by molar-refractivity contribution is -0.0717. The van der Waals surface area contributed by atoms with Crippen molar-refractivity contribution in [1.82, 2.24) is 20.1 Å². The molecule has 2 saturated heterocycles. The van der Waals surface area contributed by atoms with Crippen molar-refractivity contribution in [2.24, 2.45) is 5.92 Å². The first-order valence-corrected chi connectivity index (χ1v) is 10.2. The zero-order valence-electron chi connectivity index (χ0n) is 16.0. The quantitative estimate of drug-likeness (QED) is 0.870. The van der Waals surface area contributed by atoms with Gasteiger partial charge in [-0.2, -0.15) is 0 Å². The third kappa shape index (κ3) is 4.04. The molecule has 4 atom stereocenters. The lowest BCUT2D eigenvalue weighted by atomic mass is 9.74. The monoisotopic (exact) mass is 374 g/mol. The minimum Gasteiger partial charge on any atom is -0.472 e. The Morgan fingerprint density at radius 2 is 2.19 bits per heavy atom. The van der Waals surface area contributed by atoms with Crippen LogP contribution >= 0.6 is 0 Å². The maximum Gasteiger partial charge on any atom is 0.317 e. The summed E-state index contributed by atoms with van der Waals surface area (Å²) in [6, 6.07) is 6.56. The average Bonchev–Trinajstić information content (AvgIpc) is 2.72. The number of pyridine rings is 1. The van der Waals surface area contributed by atoms with Gasteiger partial charge in [-0.3, -0.25) is 4.90 Å². The van der Waals surface area contributed by atoms with E-state index in [4.69, 9.17) is 9.47 Å². The van der Waals surface area contributed by atoms with Crippen LogP contribution in [-0.4, -0.2) is 78.4 Å². The van der Waals surface area contributed by atoms with Crippen LogP contribution in [0.5, 0.6) is 5.88 Å². The van der Waals surface area contributed by atoms with Gasteiger partial charge >= 0.3 is 6.03 Å². The van der Waals surface area contributed by atoms with E-state index in [1.54, 1.807) is 6.20 Å². The van der Waals surface area contributed by atoms with Crippen LogP contribution in [0.1, 0.15) is 26.2 Å². The predicted octanol–water partition coefficient (Wildman–Crippen LogP) is 1.74. The summed E-state index contributed by atoms with van der Waals surface area (Å²) in [6.07, 6.45) is 4.88. The Labute approximate surface area is 161 Å². The number of nitrogens with one attached hydrogen (secondary N) is 1. The fourth-order valence-corrected chi connectivity index (χ4v) is 4.89. The number of carbonyl (C=O) groups is 1. The van der Waals surface area contributed by atoms with Crippen LogP contribution in [0.2, 0.25) is 0 Å². The number of nitrogens with zero attached hydrogens (tertiary/aromatic N) is 3. The zero-order valence-corrected chi connectivity index (χ0v) is 16.0. The van der Waals surface area contributed by atoms with E-state index in [1.807, 2.05) is 30.0 Å². The molecule has 0 radical (unpaired) electrons. The number of rotatable bonds is 4. The van der Waals surface area contributed by atoms with Crippen molar-refractivity contribution in [3.63, 3.8) is 0 Å². The van der Waals surface area contributed by atoms with Gasteiger partial charge in [0, 0.05) is 49.9 Å². The number of morpholine rings is 1. The first-order valence-electron chi connectivity index (χ1n) is 10.2. The molecule has 4 rings (SSSR count). The average molecular weight is 374 g/mol. The largest absolute Gasteiger partial charge is 0.472 e. The second kappa shape index (κ2) is 8.44. The summed E-state index contributed by atoms with van der Waals surface area (Å²) in [6.45, 7) is 6.82. The van der Waals surface area contributed by atoms with E-state index < -0.39 is 0 Å². The topological polar surface area (TPSA) is 66.9 Å². The molecule has 1 saturated carbocycles. The van der Waals surface area contributed by atoms with Gasteiger partial charge in [0.1, 0.15) is 6.10 Å². The van der Waals surface area contributed by atoms with Gasteiger partial charge in [-0.1, -0.05) is 6.07 Å². The molecule has 1 N–H and O–H groups in total. The van der Waals surface area contributed by atoms with Crippen molar-refractivity contribution in [2.75, 3.05) is 39.4 Å². The summed E-state index contributed by atoms with van der Waals surface area (Å²) in [5, 5.41) is 2.97. The smallest absolute Gasteiger partial charge is 0.317 e. The molecule has 2 amide bonds. The zero-order chi connectivity index (χ0) is 18.6. The molecule has 0 aromatic carbocycles. The standard InChI is InChI=1S/C20H30N4O3/c1-2-21-20(25)24-14-18(27-19-5-3-4-8-22-19)16-13-15(24)6-7-17(16)23-9-11-26-12-10-23/h3-5,8,15-18H,2,6-7,9-14H2,1H3,(H,21,25)/t15-,16-,17+,18-/m0/s1. The van der Waals surface area contributed by atoms with E-state index >= 15 is 0 Å². The Kier molecular flexibility index (Phi) is 5.78. The first kappa shape index (κ1) is 18.5. The maximum absolute atomic E-state index is 12.6. The summed E-state index contributed by atoms with van der Waals surface area (Å²) in [4.78, 5) is 21.5. The molecule has 2 aliphatic heterocycles. The highest BCUT2D eigenvalue weighted by molar-refractivity contribution is 5.74. The molecular weight excluding hydrogens is 344 g/mol. The fraction of sp³-hybridized carbons (Fsp3) is 0.700. The first-order chi connectivity index (χ1) is 13.3. The number of urea groups is 1. The van der Waals surface area contributed by atoms with Crippen molar-refractivity contribution in [3.05, 3.63) is 24.4 Å². The third-order valence-corrected chi connectivity index (χ3v) is 6.14. The van der Waals surface area contributed by atoms with Gasteiger partial charge in [-0.25, -0.2) is 9.78 Å². The fourth-order valence-electron chi connectivity index (χ4n) is 4.89. The molecule has 1 aromatic heterocycles. The molecule has 7 nitrogen and oxygen atoms in total. The molecule has 1 aliphatic carbocycles. The highest BCUT2D eigenvalue weighted by Crippen LogP contribution is 2.39. The number of likely N-dealkylation sites (tertiary alicyclic amines) is 1. The SMILES string of the molecule is CCNC(=O)N1C[C@H](Oc2ccccn2)[C@H]2C[C@@H]1CC[C@H]2N1CCOCC1. The normalized spacial score (nSPS) is 31.4. The number of amides is 2. The molecule has 7 heteroatoms. The molecule has 0 unspecified atom stereocenters. The Bertz CT molecular complexity index is 623. The third-order valence-electron chi connectivity index (χ3n) is 6.14. The summed E-state index contributed by atoms with van der Waals surface area (Å²) in [5.41, 5.74) is 0. The van der Waals surface area contributed by atoms with E-state index in [9.17, 15) is 4.79 Å². The van der Waals surface area contributed by atoms with Crippen LogP contribution in [-0.2, 0) is 4.74 Å². The van der Waals surface area contributed by atoms with Gasteiger partial charge in [-0.15, -0.1) is 0 Å². The van der Waals surface area contributed by atoms with Crippen LogP contribution in [0.3, 0.4) is 0 Å². The second-order valence-electron chi connectivity index (χ2n) is 7.66. The van der Waals surface area contributed by atoms with Gasteiger partial charge < -0.3 is 19.7 Å². The number of aromatic nitrogens is 1. The summed E-state index contributed by atoms with van der Waals surface area (Å²) in [7, 11) is 0. The van der Waals surface area contributed by atoms with Crippen LogP contribution < -0.4 is 10.1 Å². The van der Waals surface area contributed by atoms with Gasteiger partial charge in [-0.05, 0) is 32.3 Å². The Morgan fingerprint density at radius 1 is 1.33 bits per heavy atom. The van der Waals surface area contributed by atoms with E-state index in [1.165, 1.54) is 0 Å². The molecule has 3 fully saturated rings. The summed E-state index contributed by atoms with van der Waals surface area (Å²) < 4.78 is 11.9. The van der Waals surface area contributed by atoms with Crippen molar-refractivity contribution < 1.29 is 14.3 Å². The van der Waals surface area contributed by atoms with Crippen molar-refractivity contribution in [2.45, 2.75) is 44.4 Å². The molecule has 27 heavy (non-hydrogen) atoms. The lowest BCUT2D eigenvalue weighted by Gasteiger charge is -2.52. The van der Waals surface area contributed by atoms with E-state index in [2.05, 4.69) is 15.2 Å². The molecular formula is C20H30N4O3. The number of ether oxygens (including phenoxy) is 2. The van der Waals surface area contributed by atoms with Crippen LogP contribution in [0.15, 0.2) is 24.4 Å². The van der Waals surface area contributed by atoms with E-state index in [0.29, 0.717) is 37.0 Å². The highest BCUT2D eigenvalue weighted by Gasteiger charge is 2.47. The molecule has 3 heterocycles. The molecule has 2 bridgehead atoms. The van der Waals surface area contributed by atoms with Gasteiger partial charge in [0.25, 0.3) is 0 Å². The molecule has 148 valence electrons. The lowest BCUT2D eigenvalue weighted by Crippen LogP contribution is -2.64.